The molecule has 3 aromatic rings. The molecule has 2 unspecified atom stereocenters. The normalized spacial score (nSPS) is 18.6. The summed E-state index contributed by atoms with van der Waals surface area (Å²) in [7, 11) is 0. The van der Waals surface area contributed by atoms with Crippen molar-refractivity contribution in [2.24, 2.45) is 0 Å². The van der Waals surface area contributed by atoms with E-state index in [1.165, 1.54) is 11.3 Å². The van der Waals surface area contributed by atoms with Gasteiger partial charge in [0.2, 0.25) is 5.82 Å². The van der Waals surface area contributed by atoms with Crippen molar-refractivity contribution in [2.75, 3.05) is 13.1 Å². The molecule has 0 radical (unpaired) electrons. The van der Waals surface area contributed by atoms with Crippen LogP contribution in [-0.4, -0.2) is 46.3 Å². The van der Waals surface area contributed by atoms with Gasteiger partial charge in [-0.15, -0.1) is 11.3 Å². The van der Waals surface area contributed by atoms with Gasteiger partial charge in [-0.25, -0.2) is 13.6 Å². The molecule has 1 N–H and O–H groups in total. The number of halogens is 2. The van der Waals surface area contributed by atoms with Gasteiger partial charge in [-0.2, -0.15) is 4.98 Å². The minimum Gasteiger partial charge on any atom is -0.485 e. The highest BCUT2D eigenvalue weighted by atomic mass is 32.1. The molecule has 0 aliphatic carbocycles. The minimum atomic E-state index is -0.874. The SMILES string of the molecule is CC1CNCC(C)N1C(=O)OCc1c(F)cc(OCc2noc(-c3cccs3)n2)cc1F. The number of aromatic nitrogens is 2. The van der Waals surface area contributed by atoms with Crippen molar-refractivity contribution in [3.8, 4) is 16.5 Å². The molecular formula is C21H22F2N4O4S. The van der Waals surface area contributed by atoms with Crippen molar-refractivity contribution in [3.63, 3.8) is 0 Å². The minimum absolute atomic E-state index is 0.0399. The fourth-order valence-electron chi connectivity index (χ4n) is 3.46. The Morgan fingerprint density at radius 3 is 2.62 bits per heavy atom. The molecule has 1 saturated heterocycles. The molecule has 1 fully saturated rings. The molecule has 0 spiro atoms. The van der Waals surface area contributed by atoms with Crippen LogP contribution in [0.15, 0.2) is 34.2 Å². The van der Waals surface area contributed by atoms with Gasteiger partial charge >= 0.3 is 6.09 Å². The second kappa shape index (κ2) is 9.61. The third-order valence-electron chi connectivity index (χ3n) is 5.06. The van der Waals surface area contributed by atoms with Crippen LogP contribution >= 0.6 is 11.3 Å². The molecule has 0 saturated carbocycles. The maximum atomic E-state index is 14.5. The van der Waals surface area contributed by atoms with Crippen molar-refractivity contribution in [1.82, 2.24) is 20.4 Å². The lowest BCUT2D eigenvalue weighted by atomic mass is 10.1. The molecule has 2 aromatic heterocycles. The fraction of sp³-hybridized carbons (Fsp3) is 0.381. The summed E-state index contributed by atoms with van der Waals surface area (Å²) in [6.07, 6.45) is -0.607. The standard InChI is InChI=1S/C21H22F2N4O4S/c1-12-8-24-9-13(2)27(12)21(28)30-10-15-16(22)6-14(7-17(15)23)29-11-19-25-20(31-26-19)18-4-3-5-32-18/h3-7,12-13,24H,8-11H2,1-2H3. The highest BCUT2D eigenvalue weighted by Crippen LogP contribution is 2.25. The number of ether oxygens (including phenoxy) is 2. The number of hydrogen-bond acceptors (Lipinski definition) is 8. The topological polar surface area (TPSA) is 89.7 Å². The van der Waals surface area contributed by atoms with Crippen LogP contribution < -0.4 is 10.1 Å². The van der Waals surface area contributed by atoms with Crippen LogP contribution in [0.4, 0.5) is 13.6 Å². The molecule has 32 heavy (non-hydrogen) atoms. The first-order chi connectivity index (χ1) is 15.4. The number of carbonyl (C=O) groups excluding carboxylic acids is 1. The highest BCUT2D eigenvalue weighted by Gasteiger charge is 2.30. The molecule has 2 atom stereocenters. The molecule has 170 valence electrons. The van der Waals surface area contributed by atoms with Gasteiger partial charge in [-0.3, -0.25) is 0 Å². The van der Waals surface area contributed by atoms with Gasteiger partial charge in [-0.05, 0) is 25.3 Å². The molecule has 1 aliphatic rings. The van der Waals surface area contributed by atoms with Crippen LogP contribution in [0.5, 0.6) is 5.75 Å². The Labute approximate surface area is 187 Å². The number of nitrogens with zero attached hydrogens (tertiary/aromatic N) is 3. The average Bonchev–Trinajstić information content (AvgIpc) is 3.43. The van der Waals surface area contributed by atoms with E-state index >= 15 is 0 Å². The van der Waals surface area contributed by atoms with Crippen molar-refractivity contribution < 1.29 is 27.6 Å². The van der Waals surface area contributed by atoms with E-state index in [-0.39, 0.29) is 35.8 Å². The zero-order chi connectivity index (χ0) is 22.7. The highest BCUT2D eigenvalue weighted by molar-refractivity contribution is 7.13. The van der Waals surface area contributed by atoms with Crippen molar-refractivity contribution in [1.29, 1.82) is 0 Å². The van der Waals surface area contributed by atoms with Gasteiger partial charge < -0.3 is 24.2 Å². The summed E-state index contributed by atoms with van der Waals surface area (Å²) in [6, 6.07) is 5.59. The lowest BCUT2D eigenvalue weighted by Crippen LogP contribution is -2.57. The number of amides is 1. The second-order valence-electron chi connectivity index (χ2n) is 7.47. The van der Waals surface area contributed by atoms with E-state index in [0.717, 1.165) is 17.0 Å². The van der Waals surface area contributed by atoms with Crippen LogP contribution in [-0.2, 0) is 18.0 Å². The number of hydrogen-bond donors (Lipinski definition) is 1. The lowest BCUT2D eigenvalue weighted by molar-refractivity contribution is 0.0551. The fourth-order valence-corrected chi connectivity index (χ4v) is 4.11. The maximum Gasteiger partial charge on any atom is 0.410 e. The number of thiophene rings is 1. The van der Waals surface area contributed by atoms with E-state index < -0.39 is 24.3 Å². The van der Waals surface area contributed by atoms with Crippen molar-refractivity contribution >= 4 is 17.4 Å². The molecule has 8 nitrogen and oxygen atoms in total. The summed E-state index contributed by atoms with van der Waals surface area (Å²) in [5, 5.41) is 8.88. The van der Waals surface area contributed by atoms with Gasteiger partial charge in [-0.1, -0.05) is 11.2 Å². The maximum absolute atomic E-state index is 14.5. The van der Waals surface area contributed by atoms with E-state index in [0.29, 0.717) is 19.0 Å². The Bertz CT molecular complexity index is 1040. The van der Waals surface area contributed by atoms with Gasteiger partial charge in [0.05, 0.1) is 10.4 Å². The average molecular weight is 464 g/mol. The third-order valence-corrected chi connectivity index (χ3v) is 5.92. The Morgan fingerprint density at radius 2 is 1.97 bits per heavy atom. The molecular weight excluding hydrogens is 442 g/mol. The van der Waals surface area contributed by atoms with Gasteiger partial charge in [0.15, 0.2) is 6.61 Å². The number of benzene rings is 1. The van der Waals surface area contributed by atoms with Crippen LogP contribution in [0.2, 0.25) is 0 Å². The molecule has 3 heterocycles. The van der Waals surface area contributed by atoms with Gasteiger partial charge in [0.25, 0.3) is 5.89 Å². The summed E-state index contributed by atoms with van der Waals surface area (Å²) in [4.78, 5) is 19.0. The van der Waals surface area contributed by atoms with Gasteiger partial charge in [0.1, 0.15) is 24.0 Å². The van der Waals surface area contributed by atoms with Crippen LogP contribution in [0.3, 0.4) is 0 Å². The van der Waals surface area contributed by atoms with Gasteiger partial charge in [0, 0.05) is 37.3 Å². The van der Waals surface area contributed by atoms with E-state index in [1.807, 2.05) is 31.4 Å². The summed E-state index contributed by atoms with van der Waals surface area (Å²) in [6.45, 7) is 4.37. The number of nitrogens with one attached hydrogen (secondary N) is 1. The van der Waals surface area contributed by atoms with E-state index in [9.17, 15) is 13.6 Å². The summed E-state index contributed by atoms with van der Waals surface area (Å²) >= 11 is 1.45. The van der Waals surface area contributed by atoms with E-state index in [4.69, 9.17) is 14.0 Å². The largest absolute Gasteiger partial charge is 0.485 e. The van der Waals surface area contributed by atoms with Crippen molar-refractivity contribution in [2.45, 2.75) is 39.1 Å². The molecule has 11 heteroatoms. The Morgan fingerprint density at radius 1 is 1.25 bits per heavy atom. The summed E-state index contributed by atoms with van der Waals surface area (Å²) < 4.78 is 44.7. The molecule has 1 aliphatic heterocycles. The Kier molecular flexibility index (Phi) is 6.66. The smallest absolute Gasteiger partial charge is 0.410 e. The quantitative estimate of drug-likeness (QED) is 0.590. The Hall–Kier alpha value is -3.05. The molecule has 1 aromatic carbocycles. The third kappa shape index (κ3) is 4.89. The van der Waals surface area contributed by atoms with Crippen LogP contribution in [0.25, 0.3) is 10.8 Å². The molecule has 1 amide bonds. The van der Waals surface area contributed by atoms with Crippen LogP contribution in [0, 0.1) is 11.6 Å². The first-order valence-electron chi connectivity index (χ1n) is 10.1. The first-order valence-corrected chi connectivity index (χ1v) is 10.9. The number of carbonyl (C=O) groups is 1. The van der Waals surface area contributed by atoms with E-state index in [2.05, 4.69) is 15.5 Å². The zero-order valence-electron chi connectivity index (χ0n) is 17.5. The number of rotatable bonds is 6. The molecule has 0 bridgehead atoms. The second-order valence-corrected chi connectivity index (χ2v) is 8.41. The predicted molar refractivity (Wildman–Crippen MR) is 112 cm³/mol. The monoisotopic (exact) mass is 464 g/mol. The molecule has 4 rings (SSSR count). The summed E-state index contributed by atoms with van der Waals surface area (Å²) in [5.74, 6) is -1.20. The summed E-state index contributed by atoms with van der Waals surface area (Å²) in [5.41, 5.74) is -0.347. The predicted octanol–water partition coefficient (Wildman–Crippen LogP) is 3.97. The van der Waals surface area contributed by atoms with E-state index in [1.54, 1.807) is 4.90 Å². The zero-order valence-corrected chi connectivity index (χ0v) is 18.3. The lowest BCUT2D eigenvalue weighted by Gasteiger charge is -2.38. The van der Waals surface area contributed by atoms with Crippen LogP contribution in [0.1, 0.15) is 25.2 Å². The number of piperazine rings is 1. The van der Waals surface area contributed by atoms with Crippen molar-refractivity contribution in [3.05, 3.63) is 52.7 Å². The first kappa shape index (κ1) is 22.2. The Balaban J connectivity index is 1.36.